The summed E-state index contributed by atoms with van der Waals surface area (Å²) in [6.45, 7) is 0.191. The maximum absolute atomic E-state index is 10.8. The van der Waals surface area contributed by atoms with Crippen molar-refractivity contribution in [1.82, 2.24) is 5.32 Å². The fourth-order valence-corrected chi connectivity index (χ4v) is 2.06. The van der Waals surface area contributed by atoms with E-state index in [-0.39, 0.29) is 6.54 Å². The maximum atomic E-state index is 10.8. The van der Waals surface area contributed by atoms with Crippen LogP contribution in [-0.4, -0.2) is 28.2 Å². The molecular formula is C11H11BrClNO4. The monoisotopic (exact) mass is 335 g/mol. The van der Waals surface area contributed by atoms with Crippen molar-refractivity contribution in [3.8, 4) is 0 Å². The third-order valence-electron chi connectivity index (χ3n) is 2.23. The average molecular weight is 337 g/mol. The number of hydrogen-bond acceptors (Lipinski definition) is 3. The van der Waals surface area contributed by atoms with Gasteiger partial charge in [0.15, 0.2) is 0 Å². The molecule has 0 bridgehead atoms. The summed E-state index contributed by atoms with van der Waals surface area (Å²) in [7, 11) is 0. The van der Waals surface area contributed by atoms with E-state index in [4.69, 9.17) is 21.8 Å². The quantitative estimate of drug-likeness (QED) is 0.741. The van der Waals surface area contributed by atoms with Crippen molar-refractivity contribution in [3.63, 3.8) is 0 Å². The number of carbonyl (C=O) groups is 2. The van der Waals surface area contributed by atoms with Crippen LogP contribution in [0.1, 0.15) is 12.0 Å². The highest BCUT2D eigenvalue weighted by atomic mass is 79.9. The summed E-state index contributed by atoms with van der Waals surface area (Å²) in [5.74, 6) is -2.37. The van der Waals surface area contributed by atoms with Gasteiger partial charge in [-0.1, -0.05) is 33.6 Å². The zero-order valence-electron chi connectivity index (χ0n) is 9.19. The molecule has 5 nitrogen and oxygen atoms in total. The standard InChI is InChI=1S/C11H11BrClNO4/c12-7-2-1-6(8(13)3-7)5-14-9(11(17)18)4-10(15)16/h1-3,9,14H,4-5H2,(H,15,16)(H,17,18)/t9-/m1/s1. The third kappa shape index (κ3) is 4.64. The van der Waals surface area contributed by atoms with Gasteiger partial charge in [0.25, 0.3) is 0 Å². The van der Waals surface area contributed by atoms with E-state index in [0.29, 0.717) is 10.6 Å². The topological polar surface area (TPSA) is 86.6 Å². The molecule has 0 aliphatic rings. The van der Waals surface area contributed by atoms with Crippen molar-refractivity contribution in [2.45, 2.75) is 19.0 Å². The van der Waals surface area contributed by atoms with Crippen molar-refractivity contribution in [3.05, 3.63) is 33.3 Å². The third-order valence-corrected chi connectivity index (χ3v) is 3.08. The predicted octanol–water partition coefficient (Wildman–Crippen LogP) is 2.12. The smallest absolute Gasteiger partial charge is 0.321 e. The van der Waals surface area contributed by atoms with E-state index in [0.717, 1.165) is 4.47 Å². The molecule has 18 heavy (non-hydrogen) atoms. The van der Waals surface area contributed by atoms with Crippen LogP contribution in [0.3, 0.4) is 0 Å². The highest BCUT2D eigenvalue weighted by molar-refractivity contribution is 9.10. The van der Waals surface area contributed by atoms with Crippen LogP contribution >= 0.6 is 27.5 Å². The van der Waals surface area contributed by atoms with E-state index in [1.807, 2.05) is 0 Å². The minimum Gasteiger partial charge on any atom is -0.481 e. The molecule has 0 aliphatic carbocycles. The molecule has 0 spiro atoms. The SMILES string of the molecule is O=C(O)C[C@@H](NCc1ccc(Br)cc1Cl)C(=O)O. The van der Waals surface area contributed by atoms with Crippen LogP contribution in [0.25, 0.3) is 0 Å². The maximum Gasteiger partial charge on any atom is 0.321 e. The van der Waals surface area contributed by atoms with Gasteiger partial charge >= 0.3 is 11.9 Å². The highest BCUT2D eigenvalue weighted by Crippen LogP contribution is 2.21. The molecule has 3 N–H and O–H groups in total. The van der Waals surface area contributed by atoms with Gasteiger partial charge in [0, 0.05) is 16.0 Å². The van der Waals surface area contributed by atoms with Crippen LogP contribution in [0.15, 0.2) is 22.7 Å². The Labute approximate surface area is 117 Å². The molecule has 0 radical (unpaired) electrons. The second kappa shape index (κ2) is 6.72. The number of carboxylic acids is 2. The summed E-state index contributed by atoms with van der Waals surface area (Å²) < 4.78 is 0.816. The molecule has 0 heterocycles. The Morgan fingerprint density at radius 1 is 1.39 bits per heavy atom. The molecule has 0 saturated heterocycles. The van der Waals surface area contributed by atoms with Gasteiger partial charge in [-0.15, -0.1) is 0 Å². The molecule has 0 aliphatic heterocycles. The van der Waals surface area contributed by atoms with E-state index < -0.39 is 24.4 Å². The van der Waals surface area contributed by atoms with Gasteiger partial charge in [-0.05, 0) is 17.7 Å². The first-order valence-corrected chi connectivity index (χ1v) is 6.19. The number of benzene rings is 1. The molecule has 1 rings (SSSR count). The Balaban J connectivity index is 2.66. The van der Waals surface area contributed by atoms with Gasteiger partial charge in [0.2, 0.25) is 0 Å². The van der Waals surface area contributed by atoms with Crippen LogP contribution in [-0.2, 0) is 16.1 Å². The molecular weight excluding hydrogens is 325 g/mol. The van der Waals surface area contributed by atoms with Crippen molar-refractivity contribution < 1.29 is 19.8 Å². The fourth-order valence-electron chi connectivity index (χ4n) is 1.32. The summed E-state index contributed by atoms with van der Waals surface area (Å²) in [5, 5.41) is 20.6. The highest BCUT2D eigenvalue weighted by Gasteiger charge is 2.20. The van der Waals surface area contributed by atoms with Gasteiger partial charge in [-0.3, -0.25) is 14.9 Å². The second-order valence-electron chi connectivity index (χ2n) is 3.61. The van der Waals surface area contributed by atoms with Gasteiger partial charge in [0.05, 0.1) is 6.42 Å². The number of nitrogens with one attached hydrogen (secondary N) is 1. The first-order valence-electron chi connectivity index (χ1n) is 5.02. The van der Waals surface area contributed by atoms with E-state index in [2.05, 4.69) is 21.2 Å². The molecule has 0 fully saturated rings. The molecule has 1 aromatic rings. The first kappa shape index (κ1) is 14.9. The molecule has 0 aromatic heterocycles. The molecule has 0 saturated carbocycles. The van der Waals surface area contributed by atoms with E-state index >= 15 is 0 Å². The van der Waals surface area contributed by atoms with Gasteiger partial charge < -0.3 is 10.2 Å². The molecule has 98 valence electrons. The summed E-state index contributed by atoms with van der Waals surface area (Å²) in [5.41, 5.74) is 0.705. The largest absolute Gasteiger partial charge is 0.481 e. The molecule has 1 atom stereocenters. The summed E-state index contributed by atoms with van der Waals surface area (Å²) in [6.07, 6.45) is -0.483. The summed E-state index contributed by atoms with van der Waals surface area (Å²) in [6, 6.07) is 4.06. The minimum atomic E-state index is -1.20. The van der Waals surface area contributed by atoms with E-state index in [1.165, 1.54) is 0 Å². The Morgan fingerprint density at radius 2 is 2.06 bits per heavy atom. The Bertz CT molecular complexity index is 466. The Morgan fingerprint density at radius 3 is 2.56 bits per heavy atom. The lowest BCUT2D eigenvalue weighted by atomic mass is 10.1. The summed E-state index contributed by atoms with van der Waals surface area (Å²) in [4.78, 5) is 21.3. The van der Waals surface area contributed by atoms with Crippen LogP contribution in [0.2, 0.25) is 5.02 Å². The van der Waals surface area contributed by atoms with Crippen molar-refractivity contribution in [2.75, 3.05) is 0 Å². The zero-order valence-corrected chi connectivity index (χ0v) is 11.5. The Kier molecular flexibility index (Phi) is 5.58. The number of hydrogen-bond donors (Lipinski definition) is 3. The Hall–Kier alpha value is -1.11. The average Bonchev–Trinajstić information content (AvgIpc) is 2.25. The van der Waals surface area contributed by atoms with Crippen molar-refractivity contribution in [1.29, 1.82) is 0 Å². The van der Waals surface area contributed by atoms with Crippen LogP contribution in [0, 0.1) is 0 Å². The lowest BCUT2D eigenvalue weighted by Crippen LogP contribution is -2.38. The zero-order chi connectivity index (χ0) is 13.7. The normalized spacial score (nSPS) is 12.1. The second-order valence-corrected chi connectivity index (χ2v) is 4.93. The number of aliphatic carboxylic acids is 2. The van der Waals surface area contributed by atoms with E-state index in [9.17, 15) is 9.59 Å². The van der Waals surface area contributed by atoms with Crippen LogP contribution in [0.5, 0.6) is 0 Å². The van der Waals surface area contributed by atoms with Crippen molar-refractivity contribution in [2.24, 2.45) is 0 Å². The predicted molar refractivity (Wildman–Crippen MR) is 69.7 cm³/mol. The van der Waals surface area contributed by atoms with Crippen LogP contribution < -0.4 is 5.32 Å². The van der Waals surface area contributed by atoms with Gasteiger partial charge in [-0.2, -0.15) is 0 Å². The molecule has 0 unspecified atom stereocenters. The lowest BCUT2D eigenvalue weighted by Gasteiger charge is -2.13. The van der Waals surface area contributed by atoms with Crippen LogP contribution in [0.4, 0.5) is 0 Å². The van der Waals surface area contributed by atoms with Crippen molar-refractivity contribution >= 4 is 39.5 Å². The lowest BCUT2D eigenvalue weighted by molar-refractivity contribution is -0.146. The van der Waals surface area contributed by atoms with Gasteiger partial charge in [0.1, 0.15) is 6.04 Å². The fraction of sp³-hybridized carbons (Fsp3) is 0.273. The number of carboxylic acid groups (broad SMARTS) is 2. The molecule has 0 amide bonds. The molecule has 7 heteroatoms. The van der Waals surface area contributed by atoms with E-state index in [1.54, 1.807) is 18.2 Å². The first-order chi connectivity index (χ1) is 8.40. The number of halogens is 2. The van der Waals surface area contributed by atoms with Gasteiger partial charge in [-0.25, -0.2) is 0 Å². The number of rotatable bonds is 6. The molecule has 1 aromatic carbocycles. The minimum absolute atomic E-state index is 0.191. The summed E-state index contributed by atoms with van der Waals surface area (Å²) >= 11 is 9.22.